The van der Waals surface area contributed by atoms with Crippen molar-refractivity contribution in [1.82, 2.24) is 19.5 Å². The average Bonchev–Trinajstić information content (AvgIpc) is 2.93. The second-order valence-corrected chi connectivity index (χ2v) is 4.41. The summed E-state index contributed by atoms with van der Waals surface area (Å²) in [4.78, 5) is 12.2. The molecule has 93 valence electrons. The molecule has 0 amide bonds. The van der Waals surface area contributed by atoms with E-state index in [1.165, 1.54) is 0 Å². The molecule has 0 fully saturated rings. The lowest BCUT2D eigenvalue weighted by molar-refractivity contribution is 0.158. The van der Waals surface area contributed by atoms with Gasteiger partial charge in [-0.05, 0) is 6.42 Å². The summed E-state index contributed by atoms with van der Waals surface area (Å²) >= 11 is 0. The van der Waals surface area contributed by atoms with E-state index in [0.29, 0.717) is 11.2 Å². The third kappa shape index (κ3) is 1.60. The van der Waals surface area contributed by atoms with E-state index in [2.05, 4.69) is 15.0 Å². The number of nitrogens with zero attached hydrogens (tertiary/aromatic N) is 4. The van der Waals surface area contributed by atoms with E-state index in [9.17, 15) is 5.11 Å². The van der Waals surface area contributed by atoms with Gasteiger partial charge in [0.1, 0.15) is 5.52 Å². The number of anilines is 2. The minimum atomic E-state index is -0.0983. The van der Waals surface area contributed by atoms with Crippen molar-refractivity contribution in [2.75, 3.05) is 18.1 Å². The number of hydrogen-bond donors (Lipinski definition) is 2. The fourth-order valence-electron chi connectivity index (χ4n) is 2.28. The van der Waals surface area contributed by atoms with E-state index in [4.69, 9.17) is 11.5 Å². The van der Waals surface area contributed by atoms with Crippen molar-refractivity contribution < 1.29 is 5.11 Å². The first-order valence-corrected chi connectivity index (χ1v) is 5.71. The van der Waals surface area contributed by atoms with Crippen LogP contribution in [0.4, 0.5) is 11.8 Å². The van der Waals surface area contributed by atoms with E-state index in [1.807, 2.05) is 16.7 Å². The molecular formula is C11H13N6O. The zero-order valence-electron chi connectivity index (χ0n) is 9.65. The summed E-state index contributed by atoms with van der Waals surface area (Å²) in [6.45, 7) is -0.0983. The van der Waals surface area contributed by atoms with E-state index in [0.717, 1.165) is 6.42 Å². The van der Waals surface area contributed by atoms with Gasteiger partial charge in [0.25, 0.3) is 0 Å². The van der Waals surface area contributed by atoms with Crippen LogP contribution in [-0.4, -0.2) is 26.1 Å². The Bertz CT molecular complexity index is 619. The van der Waals surface area contributed by atoms with Crippen LogP contribution in [0.15, 0.2) is 18.5 Å². The number of imidazole rings is 1. The van der Waals surface area contributed by atoms with Crippen molar-refractivity contribution in [3.63, 3.8) is 0 Å². The van der Waals surface area contributed by atoms with Gasteiger partial charge in [-0.1, -0.05) is 12.2 Å². The maximum Gasteiger partial charge on any atom is 0.224 e. The molecule has 0 unspecified atom stereocenters. The summed E-state index contributed by atoms with van der Waals surface area (Å²) in [6.07, 6.45) is 6.37. The van der Waals surface area contributed by atoms with Gasteiger partial charge < -0.3 is 16.0 Å². The molecule has 0 spiro atoms. The van der Waals surface area contributed by atoms with E-state index < -0.39 is 0 Å². The molecule has 2 aromatic rings. The monoisotopic (exact) mass is 245 g/mol. The van der Waals surface area contributed by atoms with Crippen LogP contribution in [0, 0.1) is 5.92 Å². The third-order valence-electron chi connectivity index (χ3n) is 3.19. The van der Waals surface area contributed by atoms with Crippen molar-refractivity contribution in [3.8, 4) is 0 Å². The predicted molar refractivity (Wildman–Crippen MR) is 66.0 cm³/mol. The Kier molecular flexibility index (Phi) is 2.41. The standard InChI is InChI=1S/C11H13N6O/c12-9-8-10(16-11(13)15-9)17(5-14-8)7-2-1-6(3-7)4-18/h1-2,5-7H,3-4H2,(H4,12,13,15,16)/t6-,7+/m1/s1. The zero-order chi connectivity index (χ0) is 12.7. The second-order valence-electron chi connectivity index (χ2n) is 4.41. The summed E-state index contributed by atoms with van der Waals surface area (Å²) in [7, 11) is 0. The lowest BCUT2D eigenvalue weighted by Crippen LogP contribution is -2.08. The third-order valence-corrected chi connectivity index (χ3v) is 3.19. The number of nitrogens with two attached hydrogens (primary N) is 2. The van der Waals surface area contributed by atoms with Gasteiger partial charge >= 0.3 is 0 Å². The van der Waals surface area contributed by atoms with Gasteiger partial charge in [-0.3, -0.25) is 0 Å². The fraction of sp³-hybridized carbons (Fsp3) is 0.364. The quantitative estimate of drug-likeness (QED) is 0.749. The lowest BCUT2D eigenvalue weighted by atomic mass is 10.1. The molecule has 3 rings (SSSR count). The SMILES string of the molecule is Nc1nc(N)c2ncn([C@H]3C=C[C@@H](C[O])C3)c2n1. The van der Waals surface area contributed by atoms with Crippen molar-refractivity contribution in [2.24, 2.45) is 5.92 Å². The molecule has 0 aromatic carbocycles. The Morgan fingerprint density at radius 2 is 2.17 bits per heavy atom. The van der Waals surface area contributed by atoms with Crippen LogP contribution < -0.4 is 11.5 Å². The zero-order valence-corrected chi connectivity index (χ0v) is 9.65. The first-order chi connectivity index (χ1) is 8.69. The Morgan fingerprint density at radius 1 is 1.33 bits per heavy atom. The van der Waals surface area contributed by atoms with Gasteiger partial charge in [0.2, 0.25) is 5.95 Å². The van der Waals surface area contributed by atoms with E-state index in [1.54, 1.807) is 6.33 Å². The molecule has 1 radical (unpaired) electrons. The van der Waals surface area contributed by atoms with Crippen LogP contribution >= 0.6 is 0 Å². The summed E-state index contributed by atoms with van der Waals surface area (Å²) in [5, 5.41) is 10.9. The normalized spacial score (nSPS) is 22.9. The van der Waals surface area contributed by atoms with Gasteiger partial charge in [0.05, 0.1) is 19.0 Å². The molecule has 0 saturated heterocycles. The largest absolute Gasteiger partial charge is 0.382 e. The highest BCUT2D eigenvalue weighted by Gasteiger charge is 2.22. The van der Waals surface area contributed by atoms with Gasteiger partial charge in [-0.15, -0.1) is 0 Å². The highest BCUT2D eigenvalue weighted by atomic mass is 16.3. The van der Waals surface area contributed by atoms with Crippen LogP contribution in [0.25, 0.3) is 11.2 Å². The van der Waals surface area contributed by atoms with Gasteiger partial charge in [-0.2, -0.15) is 9.97 Å². The van der Waals surface area contributed by atoms with E-state index in [-0.39, 0.29) is 30.3 Å². The Hall–Kier alpha value is -2.15. The second kappa shape index (κ2) is 3.95. The number of allylic oxidation sites excluding steroid dienone is 1. The van der Waals surface area contributed by atoms with Crippen LogP contribution in [-0.2, 0) is 5.11 Å². The summed E-state index contributed by atoms with van der Waals surface area (Å²) < 4.78 is 1.88. The Balaban J connectivity index is 2.06. The number of fused-ring (bicyclic) bond motifs is 1. The van der Waals surface area contributed by atoms with Crippen LogP contribution in [0.3, 0.4) is 0 Å². The summed E-state index contributed by atoms with van der Waals surface area (Å²) in [5.74, 6) is 0.478. The Morgan fingerprint density at radius 3 is 2.89 bits per heavy atom. The Labute approximate surface area is 103 Å². The smallest absolute Gasteiger partial charge is 0.224 e. The molecule has 0 bridgehead atoms. The molecule has 7 nitrogen and oxygen atoms in total. The first kappa shape index (κ1) is 11.0. The fourth-order valence-corrected chi connectivity index (χ4v) is 2.28. The number of hydrogen-bond acceptors (Lipinski definition) is 5. The minimum absolute atomic E-state index is 0.0731. The molecule has 7 heteroatoms. The molecule has 4 N–H and O–H groups in total. The highest BCUT2D eigenvalue weighted by Crippen LogP contribution is 2.30. The van der Waals surface area contributed by atoms with Crippen LogP contribution in [0.2, 0.25) is 0 Å². The molecular weight excluding hydrogens is 232 g/mol. The first-order valence-electron chi connectivity index (χ1n) is 5.71. The molecule has 1 aliphatic rings. The molecule has 1 aliphatic carbocycles. The van der Waals surface area contributed by atoms with Crippen LogP contribution in [0.1, 0.15) is 12.5 Å². The van der Waals surface area contributed by atoms with Crippen molar-refractivity contribution in [3.05, 3.63) is 18.5 Å². The topological polar surface area (TPSA) is 116 Å². The summed E-state index contributed by atoms with van der Waals surface area (Å²) in [6, 6.07) is 0.0858. The molecule has 0 saturated carbocycles. The number of rotatable bonds is 2. The van der Waals surface area contributed by atoms with Gasteiger partial charge in [0.15, 0.2) is 11.5 Å². The maximum atomic E-state index is 10.9. The van der Waals surface area contributed by atoms with Gasteiger partial charge in [0, 0.05) is 5.92 Å². The summed E-state index contributed by atoms with van der Waals surface area (Å²) in [5.41, 5.74) is 12.5. The van der Waals surface area contributed by atoms with E-state index >= 15 is 0 Å². The maximum absolute atomic E-state index is 10.9. The molecule has 2 heterocycles. The molecule has 2 atom stereocenters. The predicted octanol–water partition coefficient (Wildman–Crippen LogP) is 0.538. The molecule has 18 heavy (non-hydrogen) atoms. The van der Waals surface area contributed by atoms with Gasteiger partial charge in [-0.25, -0.2) is 10.1 Å². The number of aromatic nitrogens is 4. The van der Waals surface area contributed by atoms with Crippen LogP contribution in [0.5, 0.6) is 0 Å². The highest BCUT2D eigenvalue weighted by molar-refractivity contribution is 5.82. The van der Waals surface area contributed by atoms with Crippen molar-refractivity contribution in [1.29, 1.82) is 0 Å². The molecule has 2 aromatic heterocycles. The average molecular weight is 245 g/mol. The van der Waals surface area contributed by atoms with Crippen molar-refractivity contribution >= 4 is 22.9 Å². The number of nitrogen functional groups attached to an aromatic ring is 2. The molecule has 0 aliphatic heterocycles. The minimum Gasteiger partial charge on any atom is -0.382 e. The lowest BCUT2D eigenvalue weighted by Gasteiger charge is -2.12. The van der Waals surface area contributed by atoms with Crippen molar-refractivity contribution in [2.45, 2.75) is 12.5 Å².